The van der Waals surface area contributed by atoms with Gasteiger partial charge in [-0.1, -0.05) is 12.5 Å². The van der Waals surface area contributed by atoms with Gasteiger partial charge in [-0.2, -0.15) is 0 Å². The highest BCUT2D eigenvalue weighted by atomic mass is 32.2. The Bertz CT molecular complexity index is 919. The van der Waals surface area contributed by atoms with Gasteiger partial charge in [-0.3, -0.25) is 9.20 Å². The van der Waals surface area contributed by atoms with Crippen LogP contribution in [0, 0.1) is 17.8 Å². The van der Waals surface area contributed by atoms with Gasteiger partial charge < -0.3 is 5.32 Å². The van der Waals surface area contributed by atoms with Crippen molar-refractivity contribution in [3.63, 3.8) is 0 Å². The van der Waals surface area contributed by atoms with E-state index < -0.39 is 9.84 Å². The van der Waals surface area contributed by atoms with E-state index in [2.05, 4.69) is 10.3 Å². The van der Waals surface area contributed by atoms with Crippen LogP contribution in [0.2, 0.25) is 0 Å². The van der Waals surface area contributed by atoms with Crippen molar-refractivity contribution < 1.29 is 13.2 Å². The van der Waals surface area contributed by atoms with Gasteiger partial charge in [-0.05, 0) is 55.6 Å². The number of pyridine rings is 1. The molecule has 0 aliphatic heterocycles. The zero-order valence-electron chi connectivity index (χ0n) is 14.3. The smallest absolute Gasteiger partial charge is 0.272 e. The number of fused-ring (bicyclic) bond motifs is 3. The van der Waals surface area contributed by atoms with Gasteiger partial charge in [0.1, 0.15) is 0 Å². The van der Waals surface area contributed by atoms with Gasteiger partial charge in [0.05, 0.1) is 5.52 Å². The number of hydrogen-bond acceptors (Lipinski definition) is 4. The number of carbonyl (C=O) groups excluding carboxylic acids is 1. The zero-order valence-corrected chi connectivity index (χ0v) is 15.1. The molecule has 3 atom stereocenters. The summed E-state index contributed by atoms with van der Waals surface area (Å²) in [5.41, 5.74) is 0.689. The molecule has 3 unspecified atom stereocenters. The molecule has 2 fully saturated rings. The van der Waals surface area contributed by atoms with E-state index in [0.29, 0.717) is 12.1 Å². The normalized spacial score (nSPS) is 25.6. The van der Waals surface area contributed by atoms with Gasteiger partial charge in [0, 0.05) is 19.0 Å². The summed E-state index contributed by atoms with van der Waals surface area (Å²) in [7, 11) is -3.51. The van der Waals surface area contributed by atoms with E-state index in [1.807, 2.05) is 0 Å². The first-order valence-electron chi connectivity index (χ1n) is 8.89. The molecule has 0 aromatic carbocycles. The van der Waals surface area contributed by atoms with E-state index in [1.54, 1.807) is 24.4 Å². The van der Waals surface area contributed by atoms with Crippen molar-refractivity contribution in [2.45, 2.75) is 37.3 Å². The fourth-order valence-corrected chi connectivity index (χ4v) is 5.40. The minimum absolute atomic E-state index is 0.0960. The molecule has 1 N–H and O–H groups in total. The molecule has 6 nitrogen and oxygen atoms in total. The van der Waals surface area contributed by atoms with E-state index in [0.717, 1.165) is 30.4 Å². The second-order valence-electron chi connectivity index (χ2n) is 7.45. The third-order valence-corrected chi connectivity index (χ3v) is 6.70. The summed E-state index contributed by atoms with van der Waals surface area (Å²) in [5.74, 6) is 2.17. The van der Waals surface area contributed by atoms with E-state index >= 15 is 0 Å². The third kappa shape index (κ3) is 3.05. The molecule has 0 spiro atoms. The Morgan fingerprint density at radius 1 is 1.32 bits per heavy atom. The van der Waals surface area contributed by atoms with Gasteiger partial charge in [-0.15, -0.1) is 0 Å². The predicted octanol–water partition coefficient (Wildman–Crippen LogP) is 2.29. The van der Waals surface area contributed by atoms with Gasteiger partial charge in [0.15, 0.2) is 5.69 Å². The molecule has 2 saturated carbocycles. The van der Waals surface area contributed by atoms with Crippen LogP contribution in [0.5, 0.6) is 0 Å². The molecule has 4 rings (SSSR count). The summed E-state index contributed by atoms with van der Waals surface area (Å²) in [6, 6.07) is 5.21. The van der Waals surface area contributed by atoms with Crippen LogP contribution in [0.1, 0.15) is 42.6 Å². The van der Waals surface area contributed by atoms with Crippen LogP contribution >= 0.6 is 0 Å². The lowest BCUT2D eigenvalue weighted by atomic mass is 9.86. The fourth-order valence-electron chi connectivity index (χ4n) is 4.62. The summed E-state index contributed by atoms with van der Waals surface area (Å²) in [6.45, 7) is 0.618. The van der Waals surface area contributed by atoms with Crippen molar-refractivity contribution in [1.82, 2.24) is 14.7 Å². The molecule has 25 heavy (non-hydrogen) atoms. The maximum atomic E-state index is 12.6. The average molecular weight is 361 g/mol. The number of carbonyl (C=O) groups is 1. The van der Waals surface area contributed by atoms with Gasteiger partial charge >= 0.3 is 0 Å². The molecule has 2 aliphatic carbocycles. The molecular weight excluding hydrogens is 338 g/mol. The Labute approximate surface area is 147 Å². The van der Waals surface area contributed by atoms with Crippen LogP contribution in [0.4, 0.5) is 0 Å². The second-order valence-corrected chi connectivity index (χ2v) is 9.36. The number of hydrogen-bond donors (Lipinski definition) is 1. The Hall–Kier alpha value is -1.89. The standard InChI is InChI=1S/C18H23N3O3S/c1-25(23,24)18-20-16(15-4-2-3-9-21(15)18)17(22)19-8-7-14-11-12-5-6-13(14)10-12/h2-4,9,12-14H,5-8,10-11H2,1H3,(H,19,22). The predicted molar refractivity (Wildman–Crippen MR) is 94.2 cm³/mol. The second kappa shape index (κ2) is 6.12. The lowest BCUT2D eigenvalue weighted by Crippen LogP contribution is -2.27. The lowest BCUT2D eigenvalue weighted by Gasteiger charge is -2.21. The van der Waals surface area contributed by atoms with Crippen molar-refractivity contribution in [3.05, 3.63) is 30.1 Å². The first-order valence-corrected chi connectivity index (χ1v) is 10.8. The molecule has 1 amide bonds. The van der Waals surface area contributed by atoms with Crippen LogP contribution in [-0.4, -0.2) is 36.5 Å². The van der Waals surface area contributed by atoms with E-state index in [9.17, 15) is 13.2 Å². The summed E-state index contributed by atoms with van der Waals surface area (Å²) in [6.07, 6.45) is 9.09. The molecule has 0 radical (unpaired) electrons. The SMILES string of the molecule is CS(=O)(=O)c1nc(C(=O)NCCC2CC3CCC2C3)c2ccccn12. The molecule has 0 saturated heterocycles. The summed E-state index contributed by atoms with van der Waals surface area (Å²) in [4.78, 5) is 16.7. The third-order valence-electron chi connectivity index (χ3n) is 5.75. The quantitative estimate of drug-likeness (QED) is 0.886. The van der Waals surface area contributed by atoms with Crippen LogP contribution in [0.3, 0.4) is 0 Å². The highest BCUT2D eigenvalue weighted by Gasteiger charge is 2.38. The Morgan fingerprint density at radius 2 is 2.16 bits per heavy atom. The van der Waals surface area contributed by atoms with Crippen molar-refractivity contribution >= 4 is 21.3 Å². The number of nitrogens with one attached hydrogen (secondary N) is 1. The minimum Gasteiger partial charge on any atom is -0.351 e. The van der Waals surface area contributed by atoms with Gasteiger partial charge in [-0.25, -0.2) is 13.4 Å². The van der Waals surface area contributed by atoms with Crippen molar-refractivity contribution in [3.8, 4) is 0 Å². The van der Waals surface area contributed by atoms with Crippen LogP contribution < -0.4 is 5.32 Å². The Balaban J connectivity index is 1.48. The van der Waals surface area contributed by atoms with Crippen LogP contribution in [0.15, 0.2) is 29.6 Å². The number of rotatable bonds is 5. The summed E-state index contributed by atoms with van der Waals surface area (Å²) in [5, 5.41) is 2.84. The number of amides is 1. The number of nitrogens with zero attached hydrogens (tertiary/aromatic N) is 2. The monoisotopic (exact) mass is 361 g/mol. The van der Waals surface area contributed by atoms with E-state index in [4.69, 9.17) is 0 Å². The number of imidazole rings is 1. The highest BCUT2D eigenvalue weighted by molar-refractivity contribution is 7.90. The Kier molecular flexibility index (Phi) is 4.06. The average Bonchev–Trinajstić information content (AvgIpc) is 3.27. The maximum Gasteiger partial charge on any atom is 0.272 e. The molecule has 2 aromatic rings. The molecule has 7 heteroatoms. The summed E-state index contributed by atoms with van der Waals surface area (Å²) < 4.78 is 25.3. The van der Waals surface area contributed by atoms with Gasteiger partial charge in [0.2, 0.25) is 15.0 Å². The van der Waals surface area contributed by atoms with Crippen LogP contribution in [-0.2, 0) is 9.84 Å². The minimum atomic E-state index is -3.51. The van der Waals surface area contributed by atoms with E-state index in [-0.39, 0.29) is 16.8 Å². The fraction of sp³-hybridized carbons (Fsp3) is 0.556. The van der Waals surface area contributed by atoms with Crippen molar-refractivity contribution in [2.75, 3.05) is 12.8 Å². The van der Waals surface area contributed by atoms with Crippen molar-refractivity contribution in [2.24, 2.45) is 17.8 Å². The van der Waals surface area contributed by atoms with Crippen LogP contribution in [0.25, 0.3) is 5.52 Å². The molecule has 2 heterocycles. The topological polar surface area (TPSA) is 80.5 Å². The zero-order chi connectivity index (χ0) is 17.6. The molecular formula is C18H23N3O3S. The Morgan fingerprint density at radius 3 is 2.84 bits per heavy atom. The number of aromatic nitrogens is 2. The summed E-state index contributed by atoms with van der Waals surface area (Å²) >= 11 is 0. The lowest BCUT2D eigenvalue weighted by molar-refractivity contribution is 0.0946. The molecule has 2 aromatic heterocycles. The molecule has 2 bridgehead atoms. The molecule has 2 aliphatic rings. The number of sulfone groups is 1. The molecule has 134 valence electrons. The first-order chi connectivity index (χ1) is 11.9. The largest absolute Gasteiger partial charge is 0.351 e. The highest BCUT2D eigenvalue weighted by Crippen LogP contribution is 2.49. The van der Waals surface area contributed by atoms with E-state index in [1.165, 1.54) is 30.1 Å². The van der Waals surface area contributed by atoms with Crippen molar-refractivity contribution in [1.29, 1.82) is 0 Å². The first kappa shape index (κ1) is 16.6. The van der Waals surface area contributed by atoms with Gasteiger partial charge in [0.25, 0.3) is 5.91 Å². The maximum absolute atomic E-state index is 12.6.